The van der Waals surface area contributed by atoms with Gasteiger partial charge in [-0.25, -0.2) is 0 Å². The van der Waals surface area contributed by atoms with Crippen molar-refractivity contribution in [2.45, 2.75) is 192 Å². The Hall–Kier alpha value is -4.44. The number of fused-ring (bicyclic) bond motifs is 1. The number of esters is 4. The third-order valence-corrected chi connectivity index (χ3v) is 14.1. The topological polar surface area (TPSA) is 228 Å². The van der Waals surface area contributed by atoms with Crippen LogP contribution < -0.4 is 0 Å². The van der Waals surface area contributed by atoms with Crippen LogP contribution in [0.15, 0.2) is 42.6 Å². The fourth-order valence-corrected chi connectivity index (χ4v) is 10.4. The number of rotatable bonds is 16. The van der Waals surface area contributed by atoms with Crippen LogP contribution in [0.3, 0.4) is 0 Å². The number of para-hydroxylation sites is 1. The fraction of sp³-hybridized carbons (Fsp3) is 0.704. The second-order valence-corrected chi connectivity index (χ2v) is 20.3. The molecule has 0 amide bonds. The summed E-state index contributed by atoms with van der Waals surface area (Å²) in [5.41, 5.74) is 0.430. The van der Waals surface area contributed by atoms with Crippen LogP contribution in [0.2, 0.25) is 0 Å². The average molecular weight is 1030 g/mol. The number of ether oxygens (including phenoxy) is 9. The maximum atomic E-state index is 14.2. The molecule has 1 aromatic carbocycles. The predicted molar refractivity (Wildman–Crippen MR) is 268 cm³/mol. The third-order valence-electron chi connectivity index (χ3n) is 14.1. The number of nitrogens with zero attached hydrogens (tertiary/aromatic N) is 3. The molecule has 3 aliphatic heterocycles. The van der Waals surface area contributed by atoms with Gasteiger partial charge >= 0.3 is 23.9 Å². The summed E-state index contributed by atoms with van der Waals surface area (Å²) in [7, 11) is 6.80. The molecule has 408 valence electrons. The Morgan fingerprint density at radius 3 is 2.36 bits per heavy atom. The first-order chi connectivity index (χ1) is 34.7. The number of aliphatic hydroxyl groups is 2. The summed E-state index contributed by atoms with van der Waals surface area (Å²) in [6.45, 7) is 12.4. The molecule has 0 spiro atoms. The molecule has 0 bridgehead atoms. The van der Waals surface area contributed by atoms with Crippen LogP contribution in [-0.4, -0.2) is 182 Å². The van der Waals surface area contributed by atoms with E-state index in [9.17, 15) is 34.2 Å². The van der Waals surface area contributed by atoms with Crippen molar-refractivity contribution in [3.8, 4) is 0 Å². The SMILES string of the molecule is CCC(=O)O[C@@H]1CC(=O)O[C@@H](CC=Cc2cnc3ccccc3c2)CCCN(C)C[C@H](O)[C@H](C)C[C@H](CC=O)[C@H](O[C@@H]2OC(C)[C@@H](O[C@H]3CC(C)(OC(C)=O)[C@@H](OC(=O)CC)C(C)O3)C(N(C)C)C2O)[C@H]1OC. The molecule has 1 aromatic heterocycles. The van der Waals surface area contributed by atoms with E-state index in [0.29, 0.717) is 32.4 Å². The Kier molecular flexibility index (Phi) is 22.7. The minimum absolute atomic E-state index is 0.0243. The molecule has 3 saturated heterocycles. The van der Waals surface area contributed by atoms with E-state index < -0.39 is 127 Å². The van der Waals surface area contributed by atoms with Gasteiger partial charge in [-0.15, -0.1) is 0 Å². The molecule has 3 fully saturated rings. The van der Waals surface area contributed by atoms with E-state index in [1.807, 2.05) is 61.4 Å². The molecule has 19 nitrogen and oxygen atoms in total. The molecule has 0 saturated carbocycles. The van der Waals surface area contributed by atoms with Crippen LogP contribution in [0.4, 0.5) is 0 Å². The highest BCUT2D eigenvalue weighted by Gasteiger charge is 2.54. The van der Waals surface area contributed by atoms with Gasteiger partial charge in [0.25, 0.3) is 0 Å². The van der Waals surface area contributed by atoms with Crippen molar-refractivity contribution in [2.24, 2.45) is 11.8 Å². The smallest absolute Gasteiger partial charge is 0.309 e. The van der Waals surface area contributed by atoms with E-state index in [0.717, 1.165) is 22.8 Å². The first-order valence-electron chi connectivity index (χ1n) is 25.8. The van der Waals surface area contributed by atoms with Gasteiger partial charge in [0.15, 0.2) is 24.3 Å². The maximum Gasteiger partial charge on any atom is 0.309 e. The quantitative estimate of drug-likeness (QED) is 0.125. The van der Waals surface area contributed by atoms with Crippen molar-refractivity contribution in [3.05, 3.63) is 48.2 Å². The highest BCUT2D eigenvalue weighted by molar-refractivity contribution is 5.80. The molecular weight excluding hydrogens is 947 g/mol. The van der Waals surface area contributed by atoms with E-state index in [1.54, 1.807) is 59.8 Å². The van der Waals surface area contributed by atoms with Crippen molar-refractivity contribution < 1.29 is 76.8 Å². The first-order valence-corrected chi connectivity index (χ1v) is 25.8. The van der Waals surface area contributed by atoms with Gasteiger partial charge in [0, 0.05) is 64.3 Å². The van der Waals surface area contributed by atoms with E-state index in [2.05, 4.69) is 4.98 Å². The third kappa shape index (κ3) is 16.5. The number of benzene rings is 1. The highest BCUT2D eigenvalue weighted by atomic mass is 16.7. The molecule has 0 aliphatic carbocycles. The minimum Gasteiger partial charge on any atom is -0.462 e. The Bertz CT molecular complexity index is 2140. The summed E-state index contributed by atoms with van der Waals surface area (Å²) >= 11 is 0. The molecule has 3 aliphatic rings. The van der Waals surface area contributed by atoms with Gasteiger partial charge in [0.2, 0.25) is 0 Å². The van der Waals surface area contributed by atoms with Crippen molar-refractivity contribution >= 4 is 47.1 Å². The van der Waals surface area contributed by atoms with Gasteiger partial charge in [-0.2, -0.15) is 0 Å². The molecule has 2 N–H and O–H groups in total. The molecular formula is C54H81N3O16. The zero-order valence-electron chi connectivity index (χ0n) is 44.6. The lowest BCUT2D eigenvalue weighted by Gasteiger charge is -2.50. The van der Waals surface area contributed by atoms with Gasteiger partial charge in [-0.05, 0) is 97.3 Å². The lowest BCUT2D eigenvalue weighted by Crippen LogP contribution is -2.66. The normalized spacial score (nSPS) is 34.5. The van der Waals surface area contributed by atoms with Crippen LogP contribution in [0.5, 0.6) is 0 Å². The Balaban J connectivity index is 1.46. The number of cyclic esters (lactones) is 1. The second-order valence-electron chi connectivity index (χ2n) is 20.3. The zero-order valence-corrected chi connectivity index (χ0v) is 44.6. The van der Waals surface area contributed by atoms with Gasteiger partial charge in [-0.1, -0.05) is 51.1 Å². The molecule has 2 aromatic rings. The molecule has 0 radical (unpaired) electrons. The summed E-state index contributed by atoms with van der Waals surface area (Å²) < 4.78 is 56.1. The van der Waals surface area contributed by atoms with Crippen molar-refractivity contribution in [2.75, 3.05) is 41.3 Å². The van der Waals surface area contributed by atoms with Gasteiger partial charge in [0.1, 0.15) is 36.8 Å². The molecule has 5 unspecified atom stereocenters. The van der Waals surface area contributed by atoms with Crippen LogP contribution >= 0.6 is 0 Å². The highest BCUT2D eigenvalue weighted by Crippen LogP contribution is 2.39. The van der Waals surface area contributed by atoms with Crippen LogP contribution in [0.25, 0.3) is 17.0 Å². The lowest BCUT2D eigenvalue weighted by molar-refractivity contribution is -0.344. The Morgan fingerprint density at radius 2 is 1.68 bits per heavy atom. The van der Waals surface area contributed by atoms with E-state index in [-0.39, 0.29) is 32.1 Å². The van der Waals surface area contributed by atoms with Crippen LogP contribution in [-0.2, 0) is 66.6 Å². The predicted octanol–water partition coefficient (Wildman–Crippen LogP) is 5.18. The monoisotopic (exact) mass is 1030 g/mol. The zero-order chi connectivity index (χ0) is 53.6. The number of carbonyl (C=O) groups excluding carboxylic acids is 5. The molecule has 4 heterocycles. The number of likely N-dealkylation sites (N-methyl/N-ethyl adjacent to an activating group) is 2. The first kappa shape index (κ1) is 59.4. The number of aromatic nitrogens is 1. The standard InChI is InChI=1S/C54H81N3O16/c1-12-43(61)69-42-28-45(63)68-39(20-16-18-36-27-37-19-14-15-22-40(37)55-30-36)21-17-24-57(10)31-41(60)32(3)26-38(23-25-58)50(51(42)65-11)72-53-48(64)47(56(8)9)49(33(4)67-53)71-46-29-54(7,73-35(6)59)52(34(5)66-46)70-44(62)13-2/h14-16,18-19,22,25,27,30,32-34,38-39,41-42,46-53,60,64H,12-13,17,20-21,23-24,26,28-29,31H2,1-11H3/t32-,33?,34?,38+,39+,41+,42-,46+,47?,48?,49-,50+,51+,52+,53+,54?/m1/s1. The summed E-state index contributed by atoms with van der Waals surface area (Å²) in [5, 5.41) is 25.0. The van der Waals surface area contributed by atoms with Gasteiger partial charge in [-0.3, -0.25) is 24.2 Å². The molecule has 19 heteroatoms. The van der Waals surface area contributed by atoms with E-state index >= 15 is 0 Å². The average Bonchev–Trinajstić information content (AvgIpc) is 3.32. The maximum absolute atomic E-state index is 14.2. The van der Waals surface area contributed by atoms with E-state index in [1.165, 1.54) is 14.0 Å². The Morgan fingerprint density at radius 1 is 0.973 bits per heavy atom. The number of hydrogen-bond acceptors (Lipinski definition) is 19. The van der Waals surface area contributed by atoms with E-state index in [4.69, 9.17) is 42.6 Å². The summed E-state index contributed by atoms with van der Waals surface area (Å²) in [5.74, 6) is -3.46. The van der Waals surface area contributed by atoms with Crippen LogP contribution in [0.1, 0.15) is 112 Å². The van der Waals surface area contributed by atoms with Gasteiger partial charge in [0.05, 0.1) is 42.4 Å². The minimum atomic E-state index is -1.44. The summed E-state index contributed by atoms with van der Waals surface area (Å²) in [4.78, 5) is 73.3. The molecule has 16 atom stereocenters. The number of methoxy groups -OCH3 is 1. The molecule has 73 heavy (non-hydrogen) atoms. The van der Waals surface area contributed by atoms with Crippen LogP contribution in [0, 0.1) is 11.8 Å². The van der Waals surface area contributed by atoms with Crippen molar-refractivity contribution in [3.63, 3.8) is 0 Å². The van der Waals surface area contributed by atoms with Crippen molar-refractivity contribution in [1.29, 1.82) is 0 Å². The number of hydrogen-bond donors (Lipinski definition) is 2. The fourth-order valence-electron chi connectivity index (χ4n) is 10.4. The molecule has 5 rings (SSSR count). The number of carbonyl (C=O) groups is 5. The number of aldehydes is 1. The summed E-state index contributed by atoms with van der Waals surface area (Å²) in [6.07, 6.45) is -4.68. The number of pyridine rings is 1. The second kappa shape index (κ2) is 27.9. The van der Waals surface area contributed by atoms with Crippen molar-refractivity contribution in [1.82, 2.24) is 14.8 Å². The van der Waals surface area contributed by atoms with Gasteiger partial charge < -0.3 is 67.4 Å². The summed E-state index contributed by atoms with van der Waals surface area (Å²) in [6, 6.07) is 9.02. The largest absolute Gasteiger partial charge is 0.462 e. The number of β-amino-alcohol motifs (C(OH)–C–C–N with tert-alkyl or cyclic N) is 1. The lowest BCUT2D eigenvalue weighted by atomic mass is 9.82. The Labute approximate surface area is 430 Å². The number of aliphatic hydroxyl groups excluding tert-OH is 2.